The van der Waals surface area contributed by atoms with E-state index >= 15 is 0 Å². The van der Waals surface area contributed by atoms with E-state index in [9.17, 15) is 24.6 Å². The van der Waals surface area contributed by atoms with Crippen LogP contribution in [0.5, 0.6) is 0 Å². The van der Waals surface area contributed by atoms with Crippen LogP contribution in [0, 0.1) is 23.2 Å². The van der Waals surface area contributed by atoms with Crippen molar-refractivity contribution in [2.45, 2.75) is 25.7 Å². The van der Waals surface area contributed by atoms with Gasteiger partial charge in [0.05, 0.1) is 17.3 Å². The van der Waals surface area contributed by atoms with Crippen molar-refractivity contribution in [3.63, 3.8) is 0 Å². The molecule has 3 N–H and O–H groups in total. The molecule has 0 heterocycles. The van der Waals surface area contributed by atoms with Gasteiger partial charge in [-0.2, -0.15) is 0 Å². The van der Waals surface area contributed by atoms with Crippen LogP contribution in [-0.2, 0) is 14.4 Å². The van der Waals surface area contributed by atoms with Crippen LogP contribution in [0.2, 0.25) is 0 Å². The van der Waals surface area contributed by atoms with E-state index < -0.39 is 29.2 Å². The highest BCUT2D eigenvalue weighted by Gasteiger charge is 2.62. The van der Waals surface area contributed by atoms with Crippen LogP contribution >= 0.6 is 0 Å². The van der Waals surface area contributed by atoms with Gasteiger partial charge in [-0.1, -0.05) is 18.2 Å². The Bertz CT molecular complexity index is 634. The molecule has 0 saturated heterocycles. The maximum atomic E-state index is 12.9. The number of aliphatic carboxylic acids is 2. The standard InChI is InChI=1S/C17H19NO5/c19-14(20)12-10-6-8-17(9-7-10,13(12)15(21)22)16(23)18-11-4-2-1-3-5-11/h1-5,10,12-13H,6-9H2,(H,18,23)(H,19,20)(H,21,22)/t10?,12-,13-,17?/m1/s1. The first-order chi connectivity index (χ1) is 11.0. The van der Waals surface area contributed by atoms with Gasteiger partial charge in [-0.3, -0.25) is 14.4 Å². The number of rotatable bonds is 4. The number of benzene rings is 1. The minimum absolute atomic E-state index is 0.153. The number of carboxylic acids is 2. The van der Waals surface area contributed by atoms with E-state index in [-0.39, 0.29) is 11.8 Å². The summed E-state index contributed by atoms with van der Waals surface area (Å²) in [5, 5.41) is 21.9. The lowest BCUT2D eigenvalue weighted by atomic mass is 9.50. The van der Waals surface area contributed by atoms with E-state index in [4.69, 9.17) is 0 Å². The molecule has 23 heavy (non-hydrogen) atoms. The van der Waals surface area contributed by atoms with Crippen molar-refractivity contribution >= 4 is 23.5 Å². The summed E-state index contributed by atoms with van der Waals surface area (Å²) in [6.07, 6.45) is 2.03. The van der Waals surface area contributed by atoms with Crippen molar-refractivity contribution in [3.8, 4) is 0 Å². The molecule has 0 unspecified atom stereocenters. The maximum Gasteiger partial charge on any atom is 0.308 e. The van der Waals surface area contributed by atoms with Gasteiger partial charge in [-0.05, 0) is 43.7 Å². The molecule has 2 bridgehead atoms. The largest absolute Gasteiger partial charge is 0.481 e. The highest BCUT2D eigenvalue weighted by Crippen LogP contribution is 2.57. The quantitative estimate of drug-likeness (QED) is 0.790. The summed E-state index contributed by atoms with van der Waals surface area (Å²) in [6, 6.07) is 8.83. The fourth-order valence-electron chi connectivity index (χ4n) is 4.32. The van der Waals surface area contributed by atoms with Crippen LogP contribution < -0.4 is 5.32 Å². The summed E-state index contributed by atoms with van der Waals surface area (Å²) in [7, 11) is 0. The van der Waals surface area contributed by atoms with Crippen LogP contribution in [0.15, 0.2) is 30.3 Å². The Labute approximate surface area is 133 Å². The van der Waals surface area contributed by atoms with Gasteiger partial charge in [0.1, 0.15) is 0 Å². The van der Waals surface area contributed by atoms with Crippen molar-refractivity contribution in [2.75, 3.05) is 5.32 Å². The van der Waals surface area contributed by atoms with Gasteiger partial charge in [-0.15, -0.1) is 0 Å². The molecule has 0 aliphatic heterocycles. The number of carbonyl (C=O) groups excluding carboxylic acids is 1. The first kappa shape index (κ1) is 15.5. The third kappa shape index (κ3) is 2.48. The Morgan fingerprint density at radius 2 is 1.61 bits per heavy atom. The van der Waals surface area contributed by atoms with E-state index in [1.54, 1.807) is 24.3 Å². The highest BCUT2D eigenvalue weighted by atomic mass is 16.4. The monoisotopic (exact) mass is 317 g/mol. The molecule has 3 saturated carbocycles. The van der Waals surface area contributed by atoms with Gasteiger partial charge < -0.3 is 15.5 Å². The summed E-state index contributed by atoms with van der Waals surface area (Å²) < 4.78 is 0. The molecule has 1 amide bonds. The molecule has 3 fully saturated rings. The molecule has 1 aromatic carbocycles. The smallest absolute Gasteiger partial charge is 0.308 e. The number of fused-ring (bicyclic) bond motifs is 3. The lowest BCUT2D eigenvalue weighted by Crippen LogP contribution is -2.58. The zero-order valence-electron chi connectivity index (χ0n) is 12.6. The van der Waals surface area contributed by atoms with E-state index in [0.29, 0.717) is 31.4 Å². The third-order valence-electron chi connectivity index (χ3n) is 5.42. The predicted molar refractivity (Wildman–Crippen MR) is 81.7 cm³/mol. The van der Waals surface area contributed by atoms with E-state index in [2.05, 4.69) is 5.32 Å². The first-order valence-electron chi connectivity index (χ1n) is 7.78. The van der Waals surface area contributed by atoms with Gasteiger partial charge in [-0.25, -0.2) is 0 Å². The summed E-state index contributed by atoms with van der Waals surface area (Å²) in [6.45, 7) is 0. The molecule has 3 aliphatic carbocycles. The molecular weight excluding hydrogens is 298 g/mol. The van der Waals surface area contributed by atoms with Crippen LogP contribution in [0.3, 0.4) is 0 Å². The molecule has 0 spiro atoms. The number of para-hydroxylation sites is 1. The van der Waals surface area contributed by atoms with Crippen LogP contribution in [0.25, 0.3) is 0 Å². The van der Waals surface area contributed by atoms with Gasteiger partial charge >= 0.3 is 11.9 Å². The lowest BCUT2D eigenvalue weighted by Gasteiger charge is -2.52. The zero-order chi connectivity index (χ0) is 16.6. The number of hydrogen-bond donors (Lipinski definition) is 3. The average Bonchev–Trinajstić information content (AvgIpc) is 2.55. The van der Waals surface area contributed by atoms with E-state index in [1.807, 2.05) is 6.07 Å². The van der Waals surface area contributed by atoms with Gasteiger partial charge in [0.15, 0.2) is 0 Å². The normalized spacial score (nSPS) is 32.3. The van der Waals surface area contributed by atoms with E-state index in [0.717, 1.165) is 0 Å². The fraction of sp³-hybridized carbons (Fsp3) is 0.471. The topological polar surface area (TPSA) is 104 Å². The molecular formula is C17H19NO5. The summed E-state index contributed by atoms with van der Waals surface area (Å²) in [5.41, 5.74) is -0.546. The SMILES string of the molecule is O=C(O)[C@@H]1C2CCC(C(=O)Nc3ccccc3)(CC2)[C@H]1C(=O)O. The summed E-state index contributed by atoms with van der Waals surface area (Å²) >= 11 is 0. The van der Waals surface area contributed by atoms with Crippen LogP contribution in [-0.4, -0.2) is 28.1 Å². The second kappa shape index (κ2) is 5.68. The van der Waals surface area contributed by atoms with Crippen LogP contribution in [0.1, 0.15) is 25.7 Å². The summed E-state index contributed by atoms with van der Waals surface area (Å²) in [4.78, 5) is 36.2. The Morgan fingerprint density at radius 1 is 1.00 bits per heavy atom. The zero-order valence-corrected chi connectivity index (χ0v) is 12.6. The highest BCUT2D eigenvalue weighted by molar-refractivity contribution is 5.99. The van der Waals surface area contributed by atoms with Gasteiger partial charge in [0.25, 0.3) is 0 Å². The molecule has 1 aromatic rings. The molecule has 0 aromatic heterocycles. The number of carbonyl (C=O) groups is 3. The molecule has 6 nitrogen and oxygen atoms in total. The second-order valence-electron chi connectivity index (χ2n) is 6.49. The Hall–Kier alpha value is -2.37. The molecule has 122 valence electrons. The van der Waals surface area contributed by atoms with Gasteiger partial charge in [0, 0.05) is 5.69 Å². The van der Waals surface area contributed by atoms with Crippen molar-refractivity contribution in [1.82, 2.24) is 0 Å². The first-order valence-corrected chi connectivity index (χ1v) is 7.78. The van der Waals surface area contributed by atoms with Crippen molar-refractivity contribution < 1.29 is 24.6 Å². The molecule has 2 atom stereocenters. The number of carboxylic acid groups (broad SMARTS) is 2. The molecule has 0 radical (unpaired) electrons. The molecule has 3 aliphatic rings. The van der Waals surface area contributed by atoms with Gasteiger partial charge in [0.2, 0.25) is 5.91 Å². The summed E-state index contributed by atoms with van der Waals surface area (Å²) in [5.74, 6) is -4.99. The Balaban J connectivity index is 1.94. The predicted octanol–water partition coefficient (Wildman–Crippen LogP) is 2.22. The second-order valence-corrected chi connectivity index (χ2v) is 6.49. The van der Waals surface area contributed by atoms with Crippen molar-refractivity contribution in [3.05, 3.63) is 30.3 Å². The lowest BCUT2D eigenvalue weighted by molar-refractivity contribution is -0.178. The minimum Gasteiger partial charge on any atom is -0.481 e. The number of nitrogens with one attached hydrogen (secondary N) is 1. The number of hydrogen-bond acceptors (Lipinski definition) is 3. The molecule has 6 heteroatoms. The number of amides is 1. The fourth-order valence-corrected chi connectivity index (χ4v) is 4.32. The van der Waals surface area contributed by atoms with E-state index in [1.165, 1.54) is 0 Å². The average molecular weight is 317 g/mol. The number of anilines is 1. The van der Waals surface area contributed by atoms with Crippen molar-refractivity contribution in [1.29, 1.82) is 0 Å². The van der Waals surface area contributed by atoms with Crippen molar-refractivity contribution in [2.24, 2.45) is 23.2 Å². The van der Waals surface area contributed by atoms with Crippen LogP contribution in [0.4, 0.5) is 5.69 Å². The molecule has 4 rings (SSSR count). The Morgan fingerprint density at radius 3 is 2.13 bits per heavy atom. The maximum absolute atomic E-state index is 12.9. The minimum atomic E-state index is -1.19. The third-order valence-corrected chi connectivity index (χ3v) is 5.42. The Kier molecular flexibility index (Phi) is 3.83.